The third-order valence-corrected chi connectivity index (χ3v) is 4.51. The smallest absolute Gasteiger partial charge is 0.119 e. The first kappa shape index (κ1) is 16.3. The molecular weight excluding hydrogens is 300 g/mol. The predicted molar refractivity (Wildman–Crippen MR) is 91.1 cm³/mol. The molecule has 1 heterocycles. The highest BCUT2D eigenvalue weighted by molar-refractivity contribution is 7.99. The highest BCUT2D eigenvalue weighted by Crippen LogP contribution is 2.33. The van der Waals surface area contributed by atoms with Gasteiger partial charge in [-0.1, -0.05) is 41.1 Å². The minimum atomic E-state index is 0.0916. The summed E-state index contributed by atoms with van der Waals surface area (Å²) in [7, 11) is 0. The second kappa shape index (κ2) is 6.82. The van der Waals surface area contributed by atoms with Crippen LogP contribution < -0.4 is 5.32 Å². The number of pyridine rings is 1. The van der Waals surface area contributed by atoms with Gasteiger partial charge in [-0.15, -0.1) is 0 Å². The van der Waals surface area contributed by atoms with Crippen molar-refractivity contribution in [3.63, 3.8) is 0 Å². The largest absolute Gasteiger partial charge is 0.308 e. The number of nitrogens with one attached hydrogen (secondary N) is 1. The third kappa shape index (κ3) is 5.03. The van der Waals surface area contributed by atoms with Crippen LogP contribution in [-0.2, 0) is 6.54 Å². The Bertz CT molecular complexity index is 620. The molecule has 0 aliphatic rings. The molecule has 2 nitrogen and oxygen atoms in total. The van der Waals surface area contributed by atoms with Crippen LogP contribution in [-0.4, -0.2) is 10.5 Å². The molecular formula is C17H21ClN2S. The lowest BCUT2D eigenvalue weighted by Gasteiger charge is -2.22. The fourth-order valence-electron chi connectivity index (χ4n) is 1.86. The van der Waals surface area contributed by atoms with Gasteiger partial charge in [0.2, 0.25) is 0 Å². The molecule has 1 N–H and O–H groups in total. The van der Waals surface area contributed by atoms with E-state index >= 15 is 0 Å². The topological polar surface area (TPSA) is 24.9 Å². The van der Waals surface area contributed by atoms with Crippen molar-refractivity contribution in [3.05, 3.63) is 52.7 Å². The molecule has 2 aromatic rings. The van der Waals surface area contributed by atoms with E-state index in [0.29, 0.717) is 5.02 Å². The van der Waals surface area contributed by atoms with Crippen LogP contribution >= 0.6 is 23.4 Å². The van der Waals surface area contributed by atoms with Gasteiger partial charge in [0.1, 0.15) is 5.03 Å². The molecule has 0 bridgehead atoms. The molecule has 2 rings (SSSR count). The van der Waals surface area contributed by atoms with Gasteiger partial charge in [-0.2, -0.15) is 0 Å². The molecule has 0 aliphatic carbocycles. The Morgan fingerprint density at radius 1 is 1.24 bits per heavy atom. The molecule has 21 heavy (non-hydrogen) atoms. The summed E-state index contributed by atoms with van der Waals surface area (Å²) >= 11 is 7.83. The monoisotopic (exact) mass is 320 g/mol. The zero-order valence-corrected chi connectivity index (χ0v) is 14.5. The summed E-state index contributed by atoms with van der Waals surface area (Å²) in [5.41, 5.74) is 2.63. The van der Waals surface area contributed by atoms with Gasteiger partial charge >= 0.3 is 0 Å². The standard InChI is InChI=1S/C17H21ClN2S/c1-12-7-8-15(13(10-12)11-20-17(2,3)4)21-16-14(18)6-5-9-19-16/h5-10,20H,11H2,1-4H3. The Balaban J connectivity index is 2.25. The van der Waals surface area contributed by atoms with Gasteiger partial charge in [0.05, 0.1) is 5.02 Å². The van der Waals surface area contributed by atoms with Crippen molar-refractivity contribution in [2.75, 3.05) is 0 Å². The van der Waals surface area contributed by atoms with Gasteiger partial charge in [0.15, 0.2) is 0 Å². The van der Waals surface area contributed by atoms with E-state index in [2.05, 4.69) is 56.2 Å². The van der Waals surface area contributed by atoms with Gasteiger partial charge in [0.25, 0.3) is 0 Å². The fraction of sp³-hybridized carbons (Fsp3) is 0.353. The maximum Gasteiger partial charge on any atom is 0.119 e. The van der Waals surface area contributed by atoms with Crippen molar-refractivity contribution >= 4 is 23.4 Å². The van der Waals surface area contributed by atoms with E-state index in [1.54, 1.807) is 18.0 Å². The second-order valence-electron chi connectivity index (χ2n) is 6.11. The summed E-state index contributed by atoms with van der Waals surface area (Å²) in [5.74, 6) is 0. The van der Waals surface area contributed by atoms with Crippen LogP contribution in [0.15, 0.2) is 46.5 Å². The maximum atomic E-state index is 6.21. The molecule has 0 amide bonds. The Labute approximate surface area is 136 Å². The summed E-state index contributed by atoms with van der Waals surface area (Å²) < 4.78 is 0. The molecule has 0 spiro atoms. The SMILES string of the molecule is Cc1ccc(Sc2ncccc2Cl)c(CNC(C)(C)C)c1. The number of nitrogens with zero attached hydrogens (tertiary/aromatic N) is 1. The molecule has 0 atom stereocenters. The maximum absolute atomic E-state index is 6.21. The zero-order chi connectivity index (χ0) is 15.5. The minimum absolute atomic E-state index is 0.0916. The molecule has 0 saturated heterocycles. The number of aromatic nitrogens is 1. The molecule has 0 unspecified atom stereocenters. The summed E-state index contributed by atoms with van der Waals surface area (Å²) in [5, 5.41) is 5.08. The average Bonchev–Trinajstić information content (AvgIpc) is 2.40. The molecule has 112 valence electrons. The van der Waals surface area contributed by atoms with Crippen molar-refractivity contribution in [3.8, 4) is 0 Å². The van der Waals surface area contributed by atoms with Crippen LogP contribution in [0.5, 0.6) is 0 Å². The fourth-order valence-corrected chi connectivity index (χ4v) is 2.98. The van der Waals surface area contributed by atoms with E-state index in [4.69, 9.17) is 11.6 Å². The second-order valence-corrected chi connectivity index (χ2v) is 7.55. The van der Waals surface area contributed by atoms with Crippen LogP contribution in [0.3, 0.4) is 0 Å². The Hall–Kier alpha value is -1.03. The van der Waals surface area contributed by atoms with Crippen molar-refractivity contribution in [1.82, 2.24) is 10.3 Å². The van der Waals surface area contributed by atoms with E-state index in [9.17, 15) is 0 Å². The van der Waals surface area contributed by atoms with Crippen LogP contribution in [0.2, 0.25) is 5.02 Å². The Morgan fingerprint density at radius 2 is 2.00 bits per heavy atom. The predicted octanol–water partition coefficient (Wildman–Crippen LogP) is 5.08. The number of hydrogen-bond acceptors (Lipinski definition) is 3. The van der Waals surface area contributed by atoms with Gasteiger partial charge in [-0.3, -0.25) is 0 Å². The quantitative estimate of drug-likeness (QED) is 0.850. The van der Waals surface area contributed by atoms with Gasteiger partial charge in [-0.05, 0) is 51.5 Å². The van der Waals surface area contributed by atoms with E-state index in [0.717, 1.165) is 11.6 Å². The number of halogens is 1. The molecule has 0 radical (unpaired) electrons. The number of aryl methyl sites for hydroxylation is 1. The lowest BCUT2D eigenvalue weighted by atomic mass is 10.1. The van der Waals surface area contributed by atoms with Crippen molar-refractivity contribution in [1.29, 1.82) is 0 Å². The normalized spacial score (nSPS) is 11.7. The van der Waals surface area contributed by atoms with Gasteiger partial charge in [0, 0.05) is 23.2 Å². The molecule has 0 fully saturated rings. The van der Waals surface area contributed by atoms with Crippen molar-refractivity contribution < 1.29 is 0 Å². The highest BCUT2D eigenvalue weighted by atomic mass is 35.5. The number of rotatable bonds is 4. The lowest BCUT2D eigenvalue weighted by molar-refractivity contribution is 0.422. The summed E-state index contributed by atoms with van der Waals surface area (Å²) in [6.07, 6.45) is 1.77. The minimum Gasteiger partial charge on any atom is -0.308 e. The molecule has 0 saturated carbocycles. The van der Waals surface area contributed by atoms with Crippen molar-refractivity contribution in [2.45, 2.75) is 49.7 Å². The number of benzene rings is 1. The molecule has 0 aliphatic heterocycles. The Kier molecular flexibility index (Phi) is 5.31. The van der Waals surface area contributed by atoms with Crippen LogP contribution in [0, 0.1) is 6.92 Å². The Morgan fingerprint density at radius 3 is 2.67 bits per heavy atom. The van der Waals surface area contributed by atoms with Gasteiger partial charge < -0.3 is 5.32 Å². The van der Waals surface area contributed by atoms with Crippen molar-refractivity contribution in [2.24, 2.45) is 0 Å². The molecule has 1 aromatic heterocycles. The molecule has 1 aromatic carbocycles. The highest BCUT2D eigenvalue weighted by Gasteiger charge is 2.12. The average molecular weight is 321 g/mol. The van der Waals surface area contributed by atoms with Gasteiger partial charge in [-0.25, -0.2) is 4.98 Å². The number of hydrogen-bond donors (Lipinski definition) is 1. The van der Waals surface area contributed by atoms with E-state index in [1.807, 2.05) is 12.1 Å². The first-order valence-electron chi connectivity index (χ1n) is 6.98. The first-order valence-corrected chi connectivity index (χ1v) is 8.17. The van der Waals surface area contributed by atoms with Crippen LogP contribution in [0.1, 0.15) is 31.9 Å². The van der Waals surface area contributed by atoms with Crippen LogP contribution in [0.25, 0.3) is 0 Å². The lowest BCUT2D eigenvalue weighted by Crippen LogP contribution is -2.35. The molecule has 4 heteroatoms. The summed E-state index contributed by atoms with van der Waals surface area (Å²) in [4.78, 5) is 5.55. The van der Waals surface area contributed by atoms with Crippen LogP contribution in [0.4, 0.5) is 0 Å². The van der Waals surface area contributed by atoms with E-state index in [-0.39, 0.29) is 5.54 Å². The van der Waals surface area contributed by atoms with E-state index in [1.165, 1.54) is 16.0 Å². The summed E-state index contributed by atoms with van der Waals surface area (Å²) in [6.45, 7) is 9.46. The summed E-state index contributed by atoms with van der Waals surface area (Å²) in [6, 6.07) is 10.2. The zero-order valence-electron chi connectivity index (χ0n) is 12.9. The van der Waals surface area contributed by atoms with E-state index < -0.39 is 0 Å². The first-order chi connectivity index (χ1) is 9.85. The third-order valence-electron chi connectivity index (χ3n) is 2.96.